The number of rotatable bonds is 51. The van der Waals surface area contributed by atoms with Gasteiger partial charge in [0.25, 0.3) is 7.82 Å². The maximum Gasteiger partial charge on any atom is 0.268 e. The van der Waals surface area contributed by atoms with E-state index < -0.39 is 32.7 Å². The average Bonchev–Trinajstić information content (AvgIpc) is 3.37. The molecule has 0 aliphatic carbocycles. The maximum atomic E-state index is 13.0. The number of carbonyl (C=O) groups is 1. The molecule has 4 unspecified atom stereocenters. The molecule has 0 aliphatic heterocycles. The summed E-state index contributed by atoms with van der Waals surface area (Å²) in [4.78, 5) is 25.5. The lowest BCUT2D eigenvalue weighted by atomic mass is 10.0. The number of likely N-dealkylation sites (N-methyl/N-ethyl adjacent to an activating group) is 1. The number of aliphatic hydroxyl groups is 2. The van der Waals surface area contributed by atoms with Gasteiger partial charge in [-0.3, -0.25) is 9.36 Å². The highest BCUT2D eigenvalue weighted by atomic mass is 31.2. The van der Waals surface area contributed by atoms with Gasteiger partial charge >= 0.3 is 0 Å². The van der Waals surface area contributed by atoms with Crippen LogP contribution in [0.2, 0.25) is 0 Å². The number of nitrogens with zero attached hydrogens (tertiary/aromatic N) is 1. The number of hydrogen-bond donors (Lipinski definition) is 3. The summed E-state index contributed by atoms with van der Waals surface area (Å²) in [7, 11) is 1.07. The van der Waals surface area contributed by atoms with Crippen LogP contribution in [0.3, 0.4) is 0 Å². The van der Waals surface area contributed by atoms with E-state index in [4.69, 9.17) is 9.05 Å². The third kappa shape index (κ3) is 54.9. The summed E-state index contributed by atoms with van der Waals surface area (Å²) in [5.41, 5.74) is 0. The Morgan fingerprint density at radius 2 is 0.840 bits per heavy atom. The van der Waals surface area contributed by atoms with Crippen LogP contribution in [0.25, 0.3) is 0 Å². The van der Waals surface area contributed by atoms with E-state index in [2.05, 4.69) is 165 Å². The molecular weight excluding hydrogens is 952 g/mol. The number of allylic oxidation sites excluding steroid dienone is 24. The van der Waals surface area contributed by atoms with Gasteiger partial charge in [0.1, 0.15) is 19.3 Å². The molecule has 0 aromatic heterocycles. The molecule has 0 bridgehead atoms. The quantitative estimate of drug-likeness (QED) is 0.0240. The number of unbranched alkanes of at least 4 members (excludes halogenated alkanes) is 13. The van der Waals surface area contributed by atoms with E-state index in [0.717, 1.165) is 116 Å². The minimum atomic E-state index is -4.69. The summed E-state index contributed by atoms with van der Waals surface area (Å²) in [6, 6.07) is -1.11. The van der Waals surface area contributed by atoms with Crippen LogP contribution in [0.15, 0.2) is 146 Å². The molecule has 0 fully saturated rings. The Hall–Kier alpha value is -3.66. The lowest BCUT2D eigenvalue weighted by Crippen LogP contribution is -2.51. The normalized spacial score (nSPS) is 15.4. The number of hydrogen-bond acceptors (Lipinski definition) is 7. The van der Waals surface area contributed by atoms with Crippen molar-refractivity contribution < 1.29 is 38.0 Å². The Labute approximate surface area is 460 Å². The average molecular weight is 1060 g/mol. The van der Waals surface area contributed by atoms with Gasteiger partial charge in [-0.15, -0.1) is 0 Å². The third-order valence-electron chi connectivity index (χ3n) is 12.2. The molecule has 75 heavy (non-hydrogen) atoms. The molecule has 0 saturated heterocycles. The smallest absolute Gasteiger partial charge is 0.268 e. The van der Waals surface area contributed by atoms with Gasteiger partial charge in [0, 0.05) is 6.42 Å². The van der Waals surface area contributed by atoms with Gasteiger partial charge in [-0.1, -0.05) is 217 Å². The second kappa shape index (κ2) is 53.7. The first-order valence-electron chi connectivity index (χ1n) is 29.3. The SMILES string of the molecule is CC/C=C\C/C=C\C/C=C\C/C=C\C/C=C\C/C=C\C/C=C\C/C=C\C/C=C\C/C=C\C/C=C\CCCCCCCC(=O)NC(COP(=O)([O-])OCC[N+](C)(C)C)C(O)C(O)CCC/C=C/CCCCCCCCC. The molecule has 0 spiro atoms. The lowest BCUT2D eigenvalue weighted by Gasteiger charge is -2.31. The molecule has 0 radical (unpaired) electrons. The number of phosphoric ester groups is 1. The summed E-state index contributed by atoms with van der Waals surface area (Å²) in [5.74, 6) is -0.314. The molecule has 0 aromatic rings. The van der Waals surface area contributed by atoms with Gasteiger partial charge in [-0.25, -0.2) is 0 Å². The molecule has 1 amide bonds. The second-order valence-electron chi connectivity index (χ2n) is 20.4. The van der Waals surface area contributed by atoms with Crippen LogP contribution < -0.4 is 10.2 Å². The van der Waals surface area contributed by atoms with Crippen LogP contribution in [0.1, 0.15) is 200 Å². The predicted molar refractivity (Wildman–Crippen MR) is 321 cm³/mol. The van der Waals surface area contributed by atoms with Crippen molar-refractivity contribution >= 4 is 13.7 Å². The molecular formula is C65H109N2O7P. The molecule has 0 heterocycles. The fourth-order valence-corrected chi connectivity index (χ4v) is 8.27. The Morgan fingerprint density at radius 1 is 0.493 bits per heavy atom. The van der Waals surface area contributed by atoms with Gasteiger partial charge in [-0.2, -0.15) is 0 Å². The van der Waals surface area contributed by atoms with Gasteiger partial charge in [0.2, 0.25) is 5.91 Å². The number of quaternary nitrogens is 1. The largest absolute Gasteiger partial charge is 0.756 e. The molecule has 0 rings (SSSR count). The number of nitrogens with one attached hydrogen (secondary N) is 1. The number of phosphoric acid groups is 1. The number of aliphatic hydroxyl groups excluding tert-OH is 2. The van der Waals surface area contributed by atoms with Crippen molar-refractivity contribution in [3.63, 3.8) is 0 Å². The highest BCUT2D eigenvalue weighted by Gasteiger charge is 2.29. The Morgan fingerprint density at radius 3 is 1.24 bits per heavy atom. The van der Waals surface area contributed by atoms with E-state index in [0.29, 0.717) is 30.3 Å². The maximum absolute atomic E-state index is 13.0. The summed E-state index contributed by atoms with van der Waals surface area (Å²) >= 11 is 0. The van der Waals surface area contributed by atoms with E-state index in [1.165, 1.54) is 44.9 Å². The number of carbonyl (C=O) groups excluding carboxylic acids is 1. The van der Waals surface area contributed by atoms with Crippen LogP contribution >= 0.6 is 7.82 Å². The van der Waals surface area contributed by atoms with Crippen LogP contribution in [-0.4, -0.2) is 79.8 Å². The van der Waals surface area contributed by atoms with Crippen LogP contribution in [-0.2, 0) is 18.4 Å². The second-order valence-corrected chi connectivity index (χ2v) is 21.8. The molecule has 0 saturated carbocycles. The van der Waals surface area contributed by atoms with Gasteiger partial charge in [0.15, 0.2) is 0 Å². The summed E-state index contributed by atoms with van der Waals surface area (Å²) in [6.07, 6.45) is 79.2. The summed E-state index contributed by atoms with van der Waals surface area (Å²) < 4.78 is 23.2. The lowest BCUT2D eigenvalue weighted by molar-refractivity contribution is -0.870. The predicted octanol–water partition coefficient (Wildman–Crippen LogP) is 16.4. The molecule has 0 aromatic carbocycles. The van der Waals surface area contributed by atoms with Crippen molar-refractivity contribution in [3.05, 3.63) is 146 Å². The molecule has 426 valence electrons. The van der Waals surface area contributed by atoms with Crippen LogP contribution in [0.5, 0.6) is 0 Å². The summed E-state index contributed by atoms with van der Waals surface area (Å²) in [5, 5.41) is 24.7. The van der Waals surface area contributed by atoms with E-state index >= 15 is 0 Å². The van der Waals surface area contributed by atoms with Crippen LogP contribution in [0.4, 0.5) is 0 Å². The van der Waals surface area contributed by atoms with Crippen molar-refractivity contribution in [2.24, 2.45) is 0 Å². The highest BCUT2D eigenvalue weighted by Crippen LogP contribution is 2.38. The van der Waals surface area contributed by atoms with Crippen molar-refractivity contribution in [1.29, 1.82) is 0 Å². The number of amides is 1. The zero-order valence-electron chi connectivity index (χ0n) is 48.0. The van der Waals surface area contributed by atoms with Gasteiger partial charge in [0.05, 0.1) is 39.9 Å². The van der Waals surface area contributed by atoms with Crippen molar-refractivity contribution in [1.82, 2.24) is 5.32 Å². The van der Waals surface area contributed by atoms with Gasteiger partial charge in [-0.05, 0) is 122 Å². The standard InChI is InChI=1S/C65H109N2O7P/c1-6-8-10-12-14-16-18-20-21-22-23-24-25-26-27-28-29-30-31-32-33-34-35-36-37-38-39-40-41-42-43-44-45-46-48-50-52-54-56-58-64(69)66-62(61-74-75(71,72)73-60-59-67(3,4)5)65(70)63(68)57-55-53-51-49-47-19-17-15-13-11-9-7-2/h8,10,14,16,20-21,23-24,26-27,29-30,32-33,35-36,38-39,41-42,44-45,49,51,62-63,65,68,70H,6-7,9,11-13,15,17-19,22,25,28,31,34,37,40,43,46-48,50,52-61H2,1-5H3,(H-,66,69,71,72)/b10-8-,16-14-,21-20-,24-23-,27-26-,30-29-,33-32-,36-35-,39-38-,42-41-,45-44-,51-49+. The fourth-order valence-electron chi connectivity index (χ4n) is 7.55. The molecule has 4 atom stereocenters. The van der Waals surface area contributed by atoms with E-state index in [9.17, 15) is 24.5 Å². The third-order valence-corrected chi connectivity index (χ3v) is 13.1. The fraction of sp³-hybridized carbons (Fsp3) is 0.615. The topological polar surface area (TPSA) is 128 Å². The molecule has 3 N–H and O–H groups in total. The first-order valence-corrected chi connectivity index (χ1v) is 30.7. The van der Waals surface area contributed by atoms with E-state index in [1.54, 1.807) is 0 Å². The first kappa shape index (κ1) is 71.3. The minimum Gasteiger partial charge on any atom is -0.756 e. The van der Waals surface area contributed by atoms with Gasteiger partial charge < -0.3 is 34.0 Å². The molecule has 9 nitrogen and oxygen atoms in total. The minimum absolute atomic E-state index is 0.0581. The molecule has 0 aliphatic rings. The zero-order valence-corrected chi connectivity index (χ0v) is 48.9. The van der Waals surface area contributed by atoms with Crippen molar-refractivity contribution in [2.45, 2.75) is 218 Å². The summed E-state index contributed by atoms with van der Waals surface area (Å²) in [6.45, 7) is 4.25. The Balaban J connectivity index is 4.26. The highest BCUT2D eigenvalue weighted by molar-refractivity contribution is 7.45. The van der Waals surface area contributed by atoms with Crippen LogP contribution in [0, 0.1) is 0 Å². The van der Waals surface area contributed by atoms with Crippen molar-refractivity contribution in [3.8, 4) is 0 Å². The van der Waals surface area contributed by atoms with E-state index in [1.807, 2.05) is 21.1 Å². The zero-order chi connectivity index (χ0) is 55.0. The first-order chi connectivity index (χ1) is 36.4. The van der Waals surface area contributed by atoms with E-state index in [-0.39, 0.29) is 18.9 Å². The monoisotopic (exact) mass is 1060 g/mol. The Bertz CT molecular complexity index is 1740. The molecule has 10 heteroatoms. The Kier molecular flexibility index (Phi) is 51.1. The van der Waals surface area contributed by atoms with Crippen molar-refractivity contribution in [2.75, 3.05) is 40.9 Å².